The molecule has 0 radical (unpaired) electrons. The van der Waals surface area contributed by atoms with Crippen molar-refractivity contribution >= 4 is 29.1 Å². The van der Waals surface area contributed by atoms with Crippen LogP contribution in [-0.2, 0) is 9.53 Å². The van der Waals surface area contributed by atoms with Gasteiger partial charge in [-0.1, -0.05) is 54.6 Å². The van der Waals surface area contributed by atoms with E-state index < -0.39 is 7.26 Å². The maximum atomic E-state index is 11.9. The van der Waals surface area contributed by atoms with Crippen LogP contribution in [0.5, 0.6) is 0 Å². The van der Waals surface area contributed by atoms with E-state index in [1.807, 2.05) is 18.2 Å². The molecule has 0 amide bonds. The molecule has 2 nitrogen and oxygen atoms in total. The van der Waals surface area contributed by atoms with E-state index in [0.717, 1.165) is 6.16 Å². The van der Waals surface area contributed by atoms with E-state index in [0.29, 0.717) is 6.42 Å². The van der Waals surface area contributed by atoms with Crippen molar-refractivity contribution in [3.05, 3.63) is 91.0 Å². The second-order valence-electron chi connectivity index (χ2n) is 5.87. The van der Waals surface area contributed by atoms with Crippen LogP contribution in [0.4, 0.5) is 0 Å². The lowest BCUT2D eigenvalue weighted by Gasteiger charge is -2.27. The van der Waals surface area contributed by atoms with Gasteiger partial charge in [-0.15, -0.1) is 0 Å². The molecule has 3 aromatic carbocycles. The molecular weight excluding hydrogens is 327 g/mol. The third kappa shape index (κ3) is 3.65. The molecule has 0 atom stereocenters. The van der Waals surface area contributed by atoms with Crippen molar-refractivity contribution in [3.63, 3.8) is 0 Å². The van der Waals surface area contributed by atoms with Gasteiger partial charge < -0.3 is 4.74 Å². The first-order valence-electron chi connectivity index (χ1n) is 8.39. The fourth-order valence-corrected chi connectivity index (χ4v) is 7.47. The minimum Gasteiger partial charge on any atom is -0.469 e. The minimum atomic E-state index is -1.92. The first-order valence-corrected chi connectivity index (χ1v) is 10.4. The molecule has 0 bridgehead atoms. The van der Waals surface area contributed by atoms with Gasteiger partial charge in [0, 0.05) is 0 Å². The van der Waals surface area contributed by atoms with Crippen LogP contribution in [0.25, 0.3) is 0 Å². The monoisotopic (exact) mass is 349 g/mol. The summed E-state index contributed by atoms with van der Waals surface area (Å²) in [6, 6.07) is 31.7. The molecule has 0 saturated heterocycles. The molecule has 0 fully saturated rings. The van der Waals surface area contributed by atoms with E-state index in [4.69, 9.17) is 4.74 Å². The number of hydrogen-bond acceptors (Lipinski definition) is 2. The van der Waals surface area contributed by atoms with Crippen LogP contribution in [0.1, 0.15) is 6.42 Å². The molecule has 0 saturated carbocycles. The summed E-state index contributed by atoms with van der Waals surface area (Å²) in [5.74, 6) is -0.160. The normalized spacial score (nSPS) is 11.1. The van der Waals surface area contributed by atoms with E-state index in [1.165, 1.54) is 23.0 Å². The van der Waals surface area contributed by atoms with Crippen molar-refractivity contribution in [2.75, 3.05) is 13.3 Å². The Morgan fingerprint density at radius 3 is 1.40 bits per heavy atom. The molecule has 3 aromatic rings. The van der Waals surface area contributed by atoms with Crippen LogP contribution < -0.4 is 15.9 Å². The highest BCUT2D eigenvalue weighted by Gasteiger charge is 2.45. The zero-order chi connectivity index (χ0) is 17.5. The van der Waals surface area contributed by atoms with Gasteiger partial charge in [0.1, 0.15) is 23.2 Å². The number of esters is 1. The summed E-state index contributed by atoms with van der Waals surface area (Å²) in [6.07, 6.45) is 1.17. The van der Waals surface area contributed by atoms with Gasteiger partial charge >= 0.3 is 5.97 Å². The predicted octanol–water partition coefficient (Wildman–Crippen LogP) is 3.54. The standard InChI is InChI=1S/C22H22O2P/c1-24-22(23)17-18-25(19-11-5-2-6-12-19,20-13-7-3-8-14-20)21-15-9-4-10-16-21/h2-16H,17-18H2,1H3/q+1. The predicted molar refractivity (Wildman–Crippen MR) is 107 cm³/mol. The summed E-state index contributed by atoms with van der Waals surface area (Å²) >= 11 is 0. The Morgan fingerprint density at radius 1 is 0.720 bits per heavy atom. The second kappa shape index (κ2) is 8.09. The zero-order valence-electron chi connectivity index (χ0n) is 14.3. The number of ether oxygens (including phenoxy) is 1. The lowest BCUT2D eigenvalue weighted by Crippen LogP contribution is -2.34. The van der Waals surface area contributed by atoms with Gasteiger partial charge in [-0.3, -0.25) is 4.79 Å². The number of hydrogen-bond donors (Lipinski definition) is 0. The molecule has 0 unspecified atom stereocenters. The van der Waals surface area contributed by atoms with Crippen molar-refractivity contribution in [1.82, 2.24) is 0 Å². The summed E-state index contributed by atoms with van der Waals surface area (Å²) in [4.78, 5) is 11.9. The van der Waals surface area contributed by atoms with Crippen LogP contribution >= 0.6 is 7.26 Å². The van der Waals surface area contributed by atoms with Gasteiger partial charge in [-0.25, -0.2) is 0 Å². The van der Waals surface area contributed by atoms with Crippen LogP contribution in [0.3, 0.4) is 0 Å². The molecule has 3 rings (SSSR count). The fraction of sp³-hybridized carbons (Fsp3) is 0.136. The van der Waals surface area contributed by atoms with E-state index in [9.17, 15) is 4.79 Å². The maximum Gasteiger partial charge on any atom is 0.309 e. The second-order valence-corrected chi connectivity index (χ2v) is 9.48. The molecule has 0 aliphatic carbocycles. The number of carbonyl (C=O) groups excluding carboxylic acids is 1. The highest BCUT2D eigenvalue weighted by atomic mass is 31.2. The topological polar surface area (TPSA) is 26.3 Å². The number of benzene rings is 3. The van der Waals surface area contributed by atoms with Crippen molar-refractivity contribution in [3.8, 4) is 0 Å². The Balaban J connectivity index is 2.22. The smallest absolute Gasteiger partial charge is 0.309 e. The average molecular weight is 349 g/mol. The van der Waals surface area contributed by atoms with Crippen LogP contribution in [-0.4, -0.2) is 19.2 Å². The molecule has 0 N–H and O–H groups in total. The van der Waals surface area contributed by atoms with E-state index in [2.05, 4.69) is 72.8 Å². The lowest BCUT2D eigenvalue weighted by molar-refractivity contribution is -0.140. The fourth-order valence-electron chi connectivity index (χ4n) is 3.24. The summed E-state index contributed by atoms with van der Waals surface area (Å²) in [7, 11) is -0.467. The largest absolute Gasteiger partial charge is 0.469 e. The van der Waals surface area contributed by atoms with Gasteiger partial charge in [0.2, 0.25) is 0 Å². The highest BCUT2D eigenvalue weighted by molar-refractivity contribution is 7.95. The molecular formula is C22H22O2P+. The van der Waals surface area contributed by atoms with E-state index in [-0.39, 0.29) is 5.97 Å². The molecule has 126 valence electrons. The molecule has 0 aliphatic rings. The van der Waals surface area contributed by atoms with Crippen molar-refractivity contribution in [2.24, 2.45) is 0 Å². The first-order chi connectivity index (χ1) is 12.3. The maximum absolute atomic E-state index is 11.9. The molecule has 0 heterocycles. The van der Waals surface area contributed by atoms with Gasteiger partial charge in [0.25, 0.3) is 0 Å². The molecule has 3 heteroatoms. The number of methoxy groups -OCH3 is 1. The van der Waals surface area contributed by atoms with E-state index >= 15 is 0 Å². The SMILES string of the molecule is COC(=O)CC[P+](c1ccccc1)(c1ccccc1)c1ccccc1. The Bertz CT molecular complexity index is 705. The van der Waals surface area contributed by atoms with Gasteiger partial charge in [0.15, 0.2) is 0 Å². The summed E-state index contributed by atoms with van der Waals surface area (Å²) < 4.78 is 4.93. The molecule has 25 heavy (non-hydrogen) atoms. The highest BCUT2D eigenvalue weighted by Crippen LogP contribution is 2.55. The average Bonchev–Trinajstić information content (AvgIpc) is 2.71. The quantitative estimate of drug-likeness (QED) is 0.503. The van der Waals surface area contributed by atoms with Crippen molar-refractivity contribution in [1.29, 1.82) is 0 Å². The number of carbonyl (C=O) groups is 1. The zero-order valence-corrected chi connectivity index (χ0v) is 15.2. The molecule has 0 aliphatic heterocycles. The molecule has 0 spiro atoms. The lowest BCUT2D eigenvalue weighted by atomic mass is 10.3. The summed E-state index contributed by atoms with van der Waals surface area (Å²) in [6.45, 7) is 0. The molecule has 0 aromatic heterocycles. The third-order valence-corrected chi connectivity index (χ3v) is 8.90. The Labute approximate surface area is 149 Å². The third-order valence-electron chi connectivity index (χ3n) is 4.47. The Morgan fingerprint density at radius 2 is 1.08 bits per heavy atom. The minimum absolute atomic E-state index is 0.160. The van der Waals surface area contributed by atoms with Crippen molar-refractivity contribution in [2.45, 2.75) is 6.42 Å². The van der Waals surface area contributed by atoms with Gasteiger partial charge in [-0.05, 0) is 36.4 Å². The Hall–Kier alpha value is -2.44. The van der Waals surface area contributed by atoms with Crippen LogP contribution in [0.15, 0.2) is 91.0 Å². The number of rotatable bonds is 6. The van der Waals surface area contributed by atoms with E-state index in [1.54, 1.807) is 0 Å². The van der Waals surface area contributed by atoms with Crippen molar-refractivity contribution < 1.29 is 9.53 Å². The Kier molecular flexibility index (Phi) is 5.63. The van der Waals surface area contributed by atoms with Gasteiger partial charge in [-0.2, -0.15) is 0 Å². The van der Waals surface area contributed by atoms with Gasteiger partial charge in [0.05, 0.1) is 19.7 Å². The van der Waals surface area contributed by atoms with Crippen LogP contribution in [0, 0.1) is 0 Å². The summed E-state index contributed by atoms with van der Waals surface area (Å²) in [5.41, 5.74) is 0. The summed E-state index contributed by atoms with van der Waals surface area (Å²) in [5, 5.41) is 3.86. The first kappa shape index (κ1) is 17.4. The van der Waals surface area contributed by atoms with Crippen LogP contribution in [0.2, 0.25) is 0 Å².